The maximum Gasteiger partial charge on any atom is 0.158 e. The van der Waals surface area contributed by atoms with Crippen LogP contribution < -0.4 is 5.32 Å². The molecule has 0 spiro atoms. The van der Waals surface area contributed by atoms with Gasteiger partial charge in [0.2, 0.25) is 0 Å². The molecule has 2 unspecified atom stereocenters. The van der Waals surface area contributed by atoms with Crippen molar-refractivity contribution in [2.75, 3.05) is 24.7 Å². The van der Waals surface area contributed by atoms with Crippen LogP contribution in [-0.4, -0.2) is 34.6 Å². The third kappa shape index (κ3) is 3.41. The summed E-state index contributed by atoms with van der Waals surface area (Å²) in [5.41, 5.74) is 2.78. The van der Waals surface area contributed by atoms with Crippen LogP contribution in [0.15, 0.2) is 6.20 Å². The lowest BCUT2D eigenvalue weighted by molar-refractivity contribution is 0.0689. The van der Waals surface area contributed by atoms with Crippen molar-refractivity contribution >= 4 is 11.8 Å². The minimum absolute atomic E-state index is 0.0664. The second-order valence-corrected chi connectivity index (χ2v) is 7.87. The zero-order valence-electron chi connectivity index (χ0n) is 13.2. The first-order valence-electron chi connectivity index (χ1n) is 7.87. The van der Waals surface area contributed by atoms with E-state index in [9.17, 15) is 0 Å². The van der Waals surface area contributed by atoms with Crippen LogP contribution >= 0.6 is 11.8 Å². The van der Waals surface area contributed by atoms with Crippen molar-refractivity contribution in [3.8, 4) is 0 Å². The van der Waals surface area contributed by atoms with E-state index in [1.54, 1.807) is 0 Å². The fourth-order valence-electron chi connectivity index (χ4n) is 3.28. The third-order valence-corrected chi connectivity index (χ3v) is 5.24. The summed E-state index contributed by atoms with van der Waals surface area (Å²) in [5.74, 6) is 2.92. The highest BCUT2D eigenvalue weighted by molar-refractivity contribution is 7.99. The van der Waals surface area contributed by atoms with Crippen LogP contribution in [0.1, 0.15) is 56.4 Å². The van der Waals surface area contributed by atoms with Gasteiger partial charge in [-0.2, -0.15) is 11.8 Å². The van der Waals surface area contributed by atoms with Crippen molar-refractivity contribution in [3.05, 3.63) is 23.3 Å². The Bertz CT molecular complexity index is 500. The molecule has 2 aliphatic rings. The minimum Gasteiger partial charge on any atom is -0.368 e. The molecule has 1 aliphatic heterocycles. The van der Waals surface area contributed by atoms with E-state index in [1.165, 1.54) is 11.3 Å². The van der Waals surface area contributed by atoms with Crippen LogP contribution in [0.4, 0.5) is 0 Å². The van der Waals surface area contributed by atoms with Crippen molar-refractivity contribution in [2.24, 2.45) is 5.41 Å². The third-order valence-electron chi connectivity index (χ3n) is 4.25. The minimum atomic E-state index is 0.0664. The maximum absolute atomic E-state index is 5.82. The summed E-state index contributed by atoms with van der Waals surface area (Å²) < 4.78 is 5.82. The number of ether oxygens (including phenoxy) is 1. The normalized spacial score (nSPS) is 28.1. The summed E-state index contributed by atoms with van der Waals surface area (Å²) in [6.07, 6.45) is 4.27. The second kappa shape index (κ2) is 6.23. The van der Waals surface area contributed by atoms with E-state index in [-0.39, 0.29) is 11.5 Å². The SMILES string of the molecule is CCNC1CC(C)(C)Cc2nc(C3CSCCO3)ncc21. The van der Waals surface area contributed by atoms with Crippen LogP contribution in [0.25, 0.3) is 0 Å². The van der Waals surface area contributed by atoms with Gasteiger partial charge in [-0.1, -0.05) is 20.8 Å². The summed E-state index contributed by atoms with van der Waals surface area (Å²) in [7, 11) is 0. The average Bonchev–Trinajstić information content (AvgIpc) is 2.46. The van der Waals surface area contributed by atoms with E-state index < -0.39 is 0 Å². The first kappa shape index (κ1) is 15.3. The number of hydrogen-bond acceptors (Lipinski definition) is 5. The van der Waals surface area contributed by atoms with Crippen LogP contribution in [0, 0.1) is 5.41 Å². The van der Waals surface area contributed by atoms with Gasteiger partial charge in [0.05, 0.1) is 6.61 Å². The molecule has 1 N–H and O–H groups in total. The standard InChI is InChI=1S/C16H25N3OS/c1-4-17-12-7-16(2,3)8-13-11(12)9-18-15(19-13)14-10-21-6-5-20-14/h9,12,14,17H,4-8,10H2,1-3H3. The first-order chi connectivity index (χ1) is 10.1. The molecule has 1 fully saturated rings. The van der Waals surface area contributed by atoms with Gasteiger partial charge < -0.3 is 10.1 Å². The van der Waals surface area contributed by atoms with E-state index in [2.05, 4.69) is 31.1 Å². The molecule has 2 atom stereocenters. The Morgan fingerprint density at radius 1 is 1.48 bits per heavy atom. The van der Waals surface area contributed by atoms with Crippen LogP contribution in [0.5, 0.6) is 0 Å². The molecule has 1 saturated heterocycles. The van der Waals surface area contributed by atoms with Crippen molar-refractivity contribution < 1.29 is 4.74 Å². The van der Waals surface area contributed by atoms with E-state index >= 15 is 0 Å². The zero-order chi connectivity index (χ0) is 14.9. The summed E-state index contributed by atoms with van der Waals surface area (Å²) in [6, 6.07) is 0.379. The van der Waals surface area contributed by atoms with E-state index in [0.717, 1.165) is 43.3 Å². The smallest absolute Gasteiger partial charge is 0.158 e. The predicted molar refractivity (Wildman–Crippen MR) is 86.6 cm³/mol. The quantitative estimate of drug-likeness (QED) is 0.930. The number of thioether (sulfide) groups is 1. The molecular formula is C16H25N3OS. The number of nitrogens with one attached hydrogen (secondary N) is 1. The Morgan fingerprint density at radius 3 is 3.05 bits per heavy atom. The molecule has 1 aromatic heterocycles. The molecule has 0 saturated carbocycles. The summed E-state index contributed by atoms with van der Waals surface area (Å²) >= 11 is 1.93. The highest BCUT2D eigenvalue weighted by atomic mass is 32.2. The van der Waals surface area contributed by atoms with Crippen LogP contribution in [0.3, 0.4) is 0 Å². The van der Waals surface area contributed by atoms with Gasteiger partial charge in [0, 0.05) is 35.0 Å². The lowest BCUT2D eigenvalue weighted by atomic mass is 9.74. The second-order valence-electron chi connectivity index (χ2n) is 6.72. The van der Waals surface area contributed by atoms with E-state index in [4.69, 9.17) is 9.72 Å². The topological polar surface area (TPSA) is 47.0 Å². The summed E-state index contributed by atoms with van der Waals surface area (Å²) in [5, 5.41) is 3.58. The van der Waals surface area contributed by atoms with Crippen molar-refractivity contribution in [1.82, 2.24) is 15.3 Å². The number of fused-ring (bicyclic) bond motifs is 1. The van der Waals surface area contributed by atoms with Gasteiger partial charge in [-0.3, -0.25) is 0 Å². The Hall–Kier alpha value is -0.650. The molecule has 3 rings (SSSR count). The van der Waals surface area contributed by atoms with Crippen molar-refractivity contribution in [3.63, 3.8) is 0 Å². The van der Waals surface area contributed by atoms with Crippen molar-refractivity contribution in [1.29, 1.82) is 0 Å². The largest absolute Gasteiger partial charge is 0.368 e. The highest BCUT2D eigenvalue weighted by Crippen LogP contribution is 2.40. The van der Waals surface area contributed by atoms with E-state index in [1.807, 2.05) is 18.0 Å². The highest BCUT2D eigenvalue weighted by Gasteiger charge is 2.34. The monoisotopic (exact) mass is 307 g/mol. The molecule has 0 radical (unpaired) electrons. The Balaban J connectivity index is 1.89. The molecule has 4 nitrogen and oxygen atoms in total. The fraction of sp³-hybridized carbons (Fsp3) is 0.750. The first-order valence-corrected chi connectivity index (χ1v) is 9.03. The van der Waals surface area contributed by atoms with Gasteiger partial charge in [-0.15, -0.1) is 0 Å². The molecule has 0 amide bonds. The van der Waals surface area contributed by atoms with Crippen LogP contribution in [0.2, 0.25) is 0 Å². The molecule has 0 aromatic carbocycles. The van der Waals surface area contributed by atoms with Gasteiger partial charge in [-0.05, 0) is 24.8 Å². The van der Waals surface area contributed by atoms with Crippen molar-refractivity contribution in [2.45, 2.75) is 45.8 Å². The number of rotatable bonds is 3. The molecular weight excluding hydrogens is 282 g/mol. The molecule has 1 aliphatic carbocycles. The molecule has 21 heavy (non-hydrogen) atoms. The number of nitrogens with zero attached hydrogens (tertiary/aromatic N) is 2. The fourth-order valence-corrected chi connectivity index (χ4v) is 4.12. The van der Waals surface area contributed by atoms with Gasteiger partial charge >= 0.3 is 0 Å². The Morgan fingerprint density at radius 2 is 2.33 bits per heavy atom. The Labute approximate surface area is 131 Å². The molecule has 0 bridgehead atoms. The molecule has 2 heterocycles. The molecule has 1 aromatic rings. The number of hydrogen-bond donors (Lipinski definition) is 1. The average molecular weight is 307 g/mol. The summed E-state index contributed by atoms with van der Waals surface area (Å²) in [4.78, 5) is 9.48. The zero-order valence-corrected chi connectivity index (χ0v) is 14.0. The number of aromatic nitrogens is 2. The maximum atomic E-state index is 5.82. The van der Waals surface area contributed by atoms with Gasteiger partial charge in [0.25, 0.3) is 0 Å². The van der Waals surface area contributed by atoms with Crippen LogP contribution in [-0.2, 0) is 11.2 Å². The summed E-state index contributed by atoms with van der Waals surface area (Å²) in [6.45, 7) is 8.60. The molecule has 5 heteroatoms. The van der Waals surface area contributed by atoms with Gasteiger partial charge in [-0.25, -0.2) is 9.97 Å². The van der Waals surface area contributed by atoms with Gasteiger partial charge in [0.1, 0.15) is 6.10 Å². The molecule has 116 valence electrons. The lowest BCUT2D eigenvalue weighted by Gasteiger charge is -2.37. The predicted octanol–water partition coefficient (Wildman–Crippen LogP) is 2.90. The lowest BCUT2D eigenvalue weighted by Crippen LogP contribution is -2.34. The Kier molecular flexibility index (Phi) is 4.52. The van der Waals surface area contributed by atoms with Gasteiger partial charge in [0.15, 0.2) is 5.82 Å². The van der Waals surface area contributed by atoms with E-state index in [0.29, 0.717) is 6.04 Å².